The van der Waals surface area contributed by atoms with Crippen LogP contribution in [0.4, 0.5) is 10.2 Å². The molecule has 0 radical (unpaired) electrons. The highest BCUT2D eigenvalue weighted by Gasteiger charge is 2.19. The molecule has 2 aromatic rings. The molecule has 1 saturated heterocycles. The summed E-state index contributed by atoms with van der Waals surface area (Å²) in [5.74, 6) is 0.796. The quantitative estimate of drug-likeness (QED) is 0.745. The Morgan fingerprint density at radius 3 is 2.43 bits per heavy atom. The predicted molar refractivity (Wildman–Crippen MR) is 88.6 cm³/mol. The van der Waals surface area contributed by atoms with Crippen LogP contribution in [-0.4, -0.2) is 41.3 Å². The summed E-state index contributed by atoms with van der Waals surface area (Å²) in [5, 5.41) is 8.30. The summed E-state index contributed by atoms with van der Waals surface area (Å²) in [5.41, 5.74) is 0.764. The number of halogens is 2. The smallest absolute Gasteiger partial charge is 0.151 e. The van der Waals surface area contributed by atoms with Crippen LogP contribution < -0.4 is 4.90 Å². The SMILES string of the molecule is Fc1ccccc1CN1CCN(c2ccc(I)nn2)CC1. The van der Waals surface area contributed by atoms with Crippen LogP contribution in [0.3, 0.4) is 0 Å². The molecule has 1 aromatic carbocycles. The van der Waals surface area contributed by atoms with Gasteiger partial charge in [0.05, 0.1) is 0 Å². The number of hydrogen-bond acceptors (Lipinski definition) is 4. The minimum atomic E-state index is -0.122. The molecule has 0 N–H and O–H groups in total. The number of benzene rings is 1. The molecule has 0 bridgehead atoms. The van der Waals surface area contributed by atoms with Crippen molar-refractivity contribution in [2.45, 2.75) is 6.54 Å². The highest BCUT2D eigenvalue weighted by molar-refractivity contribution is 14.1. The normalized spacial score (nSPS) is 16.2. The standard InChI is InChI=1S/C15H16FIN4/c16-13-4-2-1-3-12(13)11-20-7-9-21(10-8-20)15-6-5-14(17)18-19-15/h1-6H,7-11H2. The summed E-state index contributed by atoms with van der Waals surface area (Å²) in [4.78, 5) is 4.50. The molecule has 0 spiro atoms. The van der Waals surface area contributed by atoms with Gasteiger partial charge in [-0.1, -0.05) is 18.2 Å². The van der Waals surface area contributed by atoms with Crippen molar-refractivity contribution in [3.05, 3.63) is 51.5 Å². The number of anilines is 1. The van der Waals surface area contributed by atoms with Crippen LogP contribution in [0.5, 0.6) is 0 Å². The molecule has 3 rings (SSSR count). The molecule has 0 amide bonds. The first-order chi connectivity index (χ1) is 10.2. The summed E-state index contributed by atoms with van der Waals surface area (Å²) in [7, 11) is 0. The second-order valence-corrected chi connectivity index (χ2v) is 6.17. The van der Waals surface area contributed by atoms with E-state index in [1.807, 2.05) is 24.3 Å². The molecule has 1 fully saturated rings. The average molecular weight is 398 g/mol. The number of nitrogens with zero attached hydrogens (tertiary/aromatic N) is 4. The topological polar surface area (TPSA) is 32.3 Å². The van der Waals surface area contributed by atoms with E-state index in [4.69, 9.17) is 0 Å². The second-order valence-electron chi connectivity index (χ2n) is 5.07. The van der Waals surface area contributed by atoms with Crippen molar-refractivity contribution < 1.29 is 4.39 Å². The Labute approximate surface area is 137 Å². The van der Waals surface area contributed by atoms with E-state index in [0.29, 0.717) is 6.54 Å². The lowest BCUT2D eigenvalue weighted by molar-refractivity contribution is 0.246. The van der Waals surface area contributed by atoms with Crippen molar-refractivity contribution in [2.75, 3.05) is 31.1 Å². The lowest BCUT2D eigenvalue weighted by Crippen LogP contribution is -2.46. The highest BCUT2D eigenvalue weighted by atomic mass is 127. The first-order valence-corrected chi connectivity index (χ1v) is 8.00. The largest absolute Gasteiger partial charge is 0.353 e. The maximum Gasteiger partial charge on any atom is 0.151 e. The number of aromatic nitrogens is 2. The van der Waals surface area contributed by atoms with Gasteiger partial charge in [-0.2, -0.15) is 0 Å². The summed E-state index contributed by atoms with van der Waals surface area (Å²) in [6.45, 7) is 4.26. The van der Waals surface area contributed by atoms with Crippen molar-refractivity contribution >= 4 is 28.4 Å². The van der Waals surface area contributed by atoms with Crippen LogP contribution >= 0.6 is 22.6 Å². The van der Waals surface area contributed by atoms with Gasteiger partial charge in [0.2, 0.25) is 0 Å². The maximum absolute atomic E-state index is 13.7. The van der Waals surface area contributed by atoms with Crippen LogP contribution in [-0.2, 0) is 6.54 Å². The van der Waals surface area contributed by atoms with Gasteiger partial charge in [-0.15, -0.1) is 10.2 Å². The van der Waals surface area contributed by atoms with E-state index in [2.05, 4.69) is 42.6 Å². The Balaban J connectivity index is 1.58. The molecular formula is C15H16FIN4. The zero-order valence-electron chi connectivity index (χ0n) is 11.5. The van der Waals surface area contributed by atoms with Crippen LogP contribution in [0, 0.1) is 9.52 Å². The minimum Gasteiger partial charge on any atom is -0.353 e. The average Bonchev–Trinajstić information content (AvgIpc) is 2.51. The Morgan fingerprint density at radius 1 is 1.00 bits per heavy atom. The molecule has 0 saturated carbocycles. The van der Waals surface area contributed by atoms with Crippen molar-refractivity contribution in [3.63, 3.8) is 0 Å². The molecule has 21 heavy (non-hydrogen) atoms. The summed E-state index contributed by atoms with van der Waals surface area (Å²) in [6, 6.07) is 11.0. The third kappa shape index (κ3) is 3.68. The summed E-state index contributed by atoms with van der Waals surface area (Å²) >= 11 is 2.15. The molecule has 0 aliphatic carbocycles. The van der Waals surface area contributed by atoms with Gasteiger partial charge in [0.25, 0.3) is 0 Å². The Kier molecular flexibility index (Phi) is 4.64. The molecule has 1 aromatic heterocycles. The monoisotopic (exact) mass is 398 g/mol. The van der Waals surface area contributed by atoms with E-state index < -0.39 is 0 Å². The van der Waals surface area contributed by atoms with E-state index >= 15 is 0 Å². The summed E-state index contributed by atoms with van der Waals surface area (Å²) in [6.07, 6.45) is 0. The molecule has 110 valence electrons. The zero-order chi connectivity index (χ0) is 14.7. The van der Waals surface area contributed by atoms with E-state index in [0.717, 1.165) is 41.3 Å². The Morgan fingerprint density at radius 2 is 1.76 bits per heavy atom. The van der Waals surface area contributed by atoms with Crippen LogP contribution in [0.25, 0.3) is 0 Å². The van der Waals surface area contributed by atoms with E-state index in [9.17, 15) is 4.39 Å². The second kappa shape index (κ2) is 6.65. The Bertz CT molecular complexity index is 597. The third-order valence-electron chi connectivity index (χ3n) is 3.67. The molecule has 1 aliphatic rings. The van der Waals surface area contributed by atoms with Crippen molar-refractivity contribution in [3.8, 4) is 0 Å². The van der Waals surface area contributed by atoms with Gasteiger partial charge >= 0.3 is 0 Å². The van der Waals surface area contributed by atoms with Crippen molar-refractivity contribution in [1.29, 1.82) is 0 Å². The van der Waals surface area contributed by atoms with E-state index in [-0.39, 0.29) is 5.82 Å². The lowest BCUT2D eigenvalue weighted by Gasteiger charge is -2.35. The van der Waals surface area contributed by atoms with Gasteiger partial charge in [0.15, 0.2) is 5.82 Å². The molecule has 4 nitrogen and oxygen atoms in total. The molecule has 0 atom stereocenters. The van der Waals surface area contributed by atoms with Crippen molar-refractivity contribution in [1.82, 2.24) is 15.1 Å². The van der Waals surface area contributed by atoms with Gasteiger partial charge in [0.1, 0.15) is 9.52 Å². The third-order valence-corrected chi connectivity index (χ3v) is 4.24. The predicted octanol–water partition coefficient (Wildman–Crippen LogP) is 2.54. The number of hydrogen-bond donors (Lipinski definition) is 0. The van der Waals surface area contributed by atoms with Gasteiger partial charge in [-0.3, -0.25) is 4.90 Å². The minimum absolute atomic E-state index is 0.122. The highest BCUT2D eigenvalue weighted by Crippen LogP contribution is 2.16. The fraction of sp³-hybridized carbons (Fsp3) is 0.333. The first-order valence-electron chi connectivity index (χ1n) is 6.92. The van der Waals surface area contributed by atoms with Crippen LogP contribution in [0.2, 0.25) is 0 Å². The number of piperazine rings is 1. The maximum atomic E-state index is 13.7. The first kappa shape index (κ1) is 14.6. The van der Waals surface area contributed by atoms with Crippen LogP contribution in [0.15, 0.2) is 36.4 Å². The molecule has 2 heterocycles. The summed E-state index contributed by atoms with van der Waals surface area (Å²) < 4.78 is 14.6. The Hall–Kier alpha value is -1.28. The zero-order valence-corrected chi connectivity index (χ0v) is 13.7. The van der Waals surface area contributed by atoms with Gasteiger partial charge in [-0.25, -0.2) is 4.39 Å². The molecule has 0 unspecified atom stereocenters. The lowest BCUT2D eigenvalue weighted by atomic mass is 10.2. The molecule has 1 aliphatic heterocycles. The van der Waals surface area contributed by atoms with Crippen molar-refractivity contribution in [2.24, 2.45) is 0 Å². The molecule has 6 heteroatoms. The fourth-order valence-corrected chi connectivity index (χ4v) is 2.77. The van der Waals surface area contributed by atoms with Gasteiger partial charge in [-0.05, 0) is 40.8 Å². The van der Waals surface area contributed by atoms with Crippen LogP contribution in [0.1, 0.15) is 5.56 Å². The van der Waals surface area contributed by atoms with E-state index in [1.54, 1.807) is 6.07 Å². The van der Waals surface area contributed by atoms with E-state index in [1.165, 1.54) is 6.07 Å². The van der Waals surface area contributed by atoms with Gasteiger partial charge in [0, 0.05) is 38.3 Å². The molecular weight excluding hydrogens is 382 g/mol. The number of rotatable bonds is 3. The fourth-order valence-electron chi connectivity index (χ4n) is 2.48. The van der Waals surface area contributed by atoms with Gasteiger partial charge < -0.3 is 4.90 Å².